The van der Waals surface area contributed by atoms with Gasteiger partial charge in [0.1, 0.15) is 5.82 Å². The van der Waals surface area contributed by atoms with Crippen molar-refractivity contribution < 1.29 is 19.4 Å². The largest absolute Gasteiger partial charge is 0.493 e. The highest BCUT2D eigenvalue weighted by molar-refractivity contribution is 5.88. The molecule has 7 heteroatoms. The van der Waals surface area contributed by atoms with Crippen LogP contribution >= 0.6 is 0 Å². The molecule has 4 aromatic rings. The summed E-state index contributed by atoms with van der Waals surface area (Å²) in [6, 6.07) is 18.8. The van der Waals surface area contributed by atoms with Gasteiger partial charge in [0.05, 0.1) is 35.4 Å². The minimum Gasteiger partial charge on any atom is -0.493 e. The van der Waals surface area contributed by atoms with Crippen LogP contribution in [0.1, 0.15) is 35.6 Å². The van der Waals surface area contributed by atoms with Crippen molar-refractivity contribution in [1.29, 1.82) is 0 Å². The molecule has 1 N–H and O–H groups in total. The van der Waals surface area contributed by atoms with Crippen LogP contribution in [0.5, 0.6) is 11.5 Å². The molecule has 0 fully saturated rings. The van der Waals surface area contributed by atoms with E-state index in [1.165, 1.54) is 16.7 Å². The van der Waals surface area contributed by atoms with Gasteiger partial charge < -0.3 is 14.6 Å². The zero-order valence-electron chi connectivity index (χ0n) is 19.1. The van der Waals surface area contributed by atoms with E-state index in [4.69, 9.17) is 14.5 Å². The van der Waals surface area contributed by atoms with Gasteiger partial charge in [0.2, 0.25) is 0 Å². The summed E-state index contributed by atoms with van der Waals surface area (Å²) in [6.07, 6.45) is 3.49. The third kappa shape index (κ3) is 4.54. The van der Waals surface area contributed by atoms with Crippen LogP contribution < -0.4 is 15.0 Å². The third-order valence-electron chi connectivity index (χ3n) is 5.17. The molecule has 1 aromatic heterocycles. The fraction of sp³-hybridized carbons (Fsp3) is 0.148. The number of ether oxygens (including phenoxy) is 2. The molecule has 0 atom stereocenters. The van der Waals surface area contributed by atoms with Gasteiger partial charge in [-0.25, -0.2) is 9.78 Å². The maximum Gasteiger partial charge on any atom is 0.335 e. The zero-order valence-corrected chi connectivity index (χ0v) is 19.1. The van der Waals surface area contributed by atoms with Gasteiger partial charge in [-0.3, -0.25) is 9.36 Å². The van der Waals surface area contributed by atoms with E-state index in [1.54, 1.807) is 43.5 Å². The molecule has 0 radical (unpaired) electrons. The molecular formula is C27H24N2O5. The molecule has 172 valence electrons. The van der Waals surface area contributed by atoms with Crippen molar-refractivity contribution >= 4 is 29.0 Å². The predicted molar refractivity (Wildman–Crippen MR) is 132 cm³/mol. The molecule has 0 aliphatic carbocycles. The van der Waals surface area contributed by atoms with E-state index in [0.29, 0.717) is 33.9 Å². The minimum atomic E-state index is -1.04. The standard InChI is InChI=1S/C27H24N2O5/c1-17(2)34-25-18(7-6-10-23(25)33-3)13-16-24-28-22-9-5-4-8-21(22)26(30)29(24)20-14-11-19(12-15-20)27(31)32/h4-17H,1-3H3,(H,31,32)/b16-13+. The van der Waals surface area contributed by atoms with Crippen molar-refractivity contribution in [3.63, 3.8) is 0 Å². The number of carbonyl (C=O) groups is 1. The fourth-order valence-electron chi connectivity index (χ4n) is 3.62. The molecule has 0 aliphatic rings. The van der Waals surface area contributed by atoms with Crippen LogP contribution in [-0.2, 0) is 0 Å². The van der Waals surface area contributed by atoms with Crippen LogP contribution in [0, 0.1) is 0 Å². The number of carboxylic acid groups (broad SMARTS) is 1. The summed E-state index contributed by atoms with van der Waals surface area (Å²) in [6.45, 7) is 3.87. The number of fused-ring (bicyclic) bond motifs is 1. The SMILES string of the molecule is COc1cccc(/C=C/c2nc3ccccc3c(=O)n2-c2ccc(C(=O)O)cc2)c1OC(C)C. The number of rotatable bonds is 7. The summed E-state index contributed by atoms with van der Waals surface area (Å²) in [7, 11) is 1.58. The Balaban J connectivity index is 1.89. The number of benzene rings is 3. The van der Waals surface area contributed by atoms with E-state index >= 15 is 0 Å². The number of carboxylic acids is 1. The molecule has 0 saturated carbocycles. The number of para-hydroxylation sites is 2. The van der Waals surface area contributed by atoms with Crippen LogP contribution in [0.2, 0.25) is 0 Å². The summed E-state index contributed by atoms with van der Waals surface area (Å²) in [5.41, 5.74) is 1.72. The van der Waals surface area contributed by atoms with E-state index in [2.05, 4.69) is 0 Å². The Labute approximate surface area is 196 Å². The average Bonchev–Trinajstić information content (AvgIpc) is 2.83. The number of methoxy groups -OCH3 is 1. The van der Waals surface area contributed by atoms with E-state index in [-0.39, 0.29) is 17.2 Å². The highest BCUT2D eigenvalue weighted by Crippen LogP contribution is 2.33. The van der Waals surface area contributed by atoms with Gasteiger partial charge in [-0.1, -0.05) is 24.3 Å². The van der Waals surface area contributed by atoms with E-state index in [1.807, 2.05) is 44.2 Å². The first-order valence-corrected chi connectivity index (χ1v) is 10.8. The Morgan fingerprint density at radius 2 is 1.74 bits per heavy atom. The minimum absolute atomic E-state index is 0.0619. The number of nitrogens with zero attached hydrogens (tertiary/aromatic N) is 2. The van der Waals surface area contributed by atoms with E-state index in [0.717, 1.165) is 5.56 Å². The normalized spacial score (nSPS) is 11.3. The first-order valence-electron chi connectivity index (χ1n) is 10.8. The first kappa shape index (κ1) is 22.8. The van der Waals surface area contributed by atoms with Gasteiger partial charge >= 0.3 is 5.97 Å². The molecule has 0 amide bonds. The Kier molecular flexibility index (Phi) is 6.45. The number of aromatic nitrogens is 2. The maximum absolute atomic E-state index is 13.4. The van der Waals surface area contributed by atoms with E-state index in [9.17, 15) is 14.7 Å². The van der Waals surface area contributed by atoms with Gasteiger partial charge in [0.25, 0.3) is 5.56 Å². The highest BCUT2D eigenvalue weighted by atomic mass is 16.5. The molecule has 0 aliphatic heterocycles. The van der Waals surface area contributed by atoms with Gasteiger partial charge in [0.15, 0.2) is 11.5 Å². The summed E-state index contributed by atoms with van der Waals surface area (Å²) < 4.78 is 12.9. The highest BCUT2D eigenvalue weighted by Gasteiger charge is 2.14. The molecule has 1 heterocycles. The van der Waals surface area contributed by atoms with Gasteiger partial charge in [-0.2, -0.15) is 0 Å². The number of hydrogen-bond acceptors (Lipinski definition) is 5. The topological polar surface area (TPSA) is 90.7 Å². The first-order chi connectivity index (χ1) is 16.4. The molecule has 3 aromatic carbocycles. The molecule has 7 nitrogen and oxygen atoms in total. The fourth-order valence-corrected chi connectivity index (χ4v) is 3.62. The van der Waals surface area contributed by atoms with Crippen LogP contribution in [0.15, 0.2) is 71.5 Å². The molecular weight excluding hydrogens is 432 g/mol. The Hall–Kier alpha value is -4.39. The Bertz CT molecular complexity index is 1440. The van der Waals surface area contributed by atoms with E-state index < -0.39 is 5.97 Å². The lowest BCUT2D eigenvalue weighted by Gasteiger charge is -2.16. The van der Waals surface area contributed by atoms with Crippen LogP contribution in [0.25, 0.3) is 28.7 Å². The summed E-state index contributed by atoms with van der Waals surface area (Å²) in [5, 5.41) is 9.69. The van der Waals surface area contributed by atoms with Crippen molar-refractivity contribution in [3.05, 3.63) is 94.0 Å². The lowest BCUT2D eigenvalue weighted by atomic mass is 10.1. The van der Waals surface area contributed by atoms with Gasteiger partial charge in [0, 0.05) is 5.56 Å². The zero-order chi connectivity index (χ0) is 24.2. The van der Waals surface area contributed by atoms with Crippen LogP contribution in [0.3, 0.4) is 0 Å². The lowest BCUT2D eigenvalue weighted by molar-refractivity contribution is 0.0697. The monoisotopic (exact) mass is 456 g/mol. The van der Waals surface area contributed by atoms with Crippen molar-refractivity contribution in [2.75, 3.05) is 7.11 Å². The molecule has 34 heavy (non-hydrogen) atoms. The number of hydrogen-bond donors (Lipinski definition) is 1. The van der Waals surface area contributed by atoms with Crippen molar-refractivity contribution in [3.8, 4) is 17.2 Å². The van der Waals surface area contributed by atoms with Gasteiger partial charge in [-0.05, 0) is 68.5 Å². The second-order valence-electron chi connectivity index (χ2n) is 7.86. The molecule has 0 bridgehead atoms. The predicted octanol–water partition coefficient (Wildman–Crippen LogP) is 5.05. The summed E-state index contributed by atoms with van der Waals surface area (Å²) in [4.78, 5) is 29.4. The molecule has 0 spiro atoms. The Morgan fingerprint density at radius 3 is 2.41 bits per heavy atom. The summed E-state index contributed by atoms with van der Waals surface area (Å²) in [5.74, 6) is 0.553. The third-order valence-corrected chi connectivity index (χ3v) is 5.17. The van der Waals surface area contributed by atoms with Gasteiger partial charge in [-0.15, -0.1) is 0 Å². The Morgan fingerprint density at radius 1 is 1.00 bits per heavy atom. The second kappa shape index (κ2) is 9.62. The molecule has 4 rings (SSSR count). The number of aromatic carboxylic acids is 1. The van der Waals surface area contributed by atoms with Crippen molar-refractivity contribution in [1.82, 2.24) is 9.55 Å². The quantitative estimate of drug-likeness (QED) is 0.419. The van der Waals surface area contributed by atoms with Crippen molar-refractivity contribution in [2.45, 2.75) is 20.0 Å². The van der Waals surface area contributed by atoms with Crippen LogP contribution in [0.4, 0.5) is 0 Å². The second-order valence-corrected chi connectivity index (χ2v) is 7.86. The molecule has 0 unspecified atom stereocenters. The maximum atomic E-state index is 13.4. The average molecular weight is 456 g/mol. The van der Waals surface area contributed by atoms with Crippen molar-refractivity contribution in [2.24, 2.45) is 0 Å². The summed E-state index contributed by atoms with van der Waals surface area (Å²) >= 11 is 0. The lowest BCUT2D eigenvalue weighted by Crippen LogP contribution is -2.22. The smallest absolute Gasteiger partial charge is 0.335 e. The van der Waals surface area contributed by atoms with Crippen LogP contribution in [-0.4, -0.2) is 33.8 Å². The molecule has 0 saturated heterocycles.